The number of ether oxygens (including phenoxy) is 2. The first-order chi connectivity index (χ1) is 12.1. The number of rotatable bonds is 6. The molecule has 8 heteroatoms. The van der Waals surface area contributed by atoms with Crippen LogP contribution in [0.1, 0.15) is 0 Å². The van der Waals surface area contributed by atoms with Crippen molar-refractivity contribution in [1.29, 1.82) is 0 Å². The molecule has 1 amide bonds. The van der Waals surface area contributed by atoms with Crippen LogP contribution in [-0.2, 0) is 4.79 Å². The highest BCUT2D eigenvalue weighted by Gasteiger charge is 2.10. The summed E-state index contributed by atoms with van der Waals surface area (Å²) in [5.41, 5.74) is 0.876. The van der Waals surface area contributed by atoms with Crippen LogP contribution < -0.4 is 14.8 Å². The lowest BCUT2D eigenvalue weighted by atomic mass is 10.2. The Balaban J connectivity index is 1.56. The number of carbonyl (C=O) groups is 1. The fourth-order valence-corrected chi connectivity index (χ4v) is 2.72. The van der Waals surface area contributed by atoms with Crippen LogP contribution in [0.15, 0.2) is 48.5 Å². The first kappa shape index (κ1) is 16.8. The molecule has 0 aliphatic carbocycles. The van der Waals surface area contributed by atoms with Crippen molar-refractivity contribution in [1.82, 2.24) is 10.2 Å². The van der Waals surface area contributed by atoms with Gasteiger partial charge in [-0.15, -0.1) is 10.2 Å². The van der Waals surface area contributed by atoms with E-state index in [0.29, 0.717) is 15.9 Å². The van der Waals surface area contributed by atoms with Gasteiger partial charge in [-0.05, 0) is 48.5 Å². The molecule has 2 aromatic carbocycles. The molecular formula is C17H14FN3O3S. The molecule has 0 atom stereocenters. The smallest absolute Gasteiger partial charge is 0.264 e. The SMILES string of the molecule is COc1ccc(-c2nnc(NC(=O)COc3ccc(F)cc3)s2)cc1. The van der Waals surface area contributed by atoms with Crippen molar-refractivity contribution < 1.29 is 18.7 Å². The Bertz CT molecular complexity index is 850. The van der Waals surface area contributed by atoms with Gasteiger partial charge in [-0.25, -0.2) is 4.39 Å². The van der Waals surface area contributed by atoms with E-state index in [-0.39, 0.29) is 18.3 Å². The van der Waals surface area contributed by atoms with E-state index >= 15 is 0 Å². The van der Waals surface area contributed by atoms with Crippen LogP contribution in [0.25, 0.3) is 10.6 Å². The zero-order chi connectivity index (χ0) is 17.6. The Morgan fingerprint density at radius 1 is 1.08 bits per heavy atom. The molecule has 0 radical (unpaired) electrons. The lowest BCUT2D eigenvalue weighted by molar-refractivity contribution is -0.118. The predicted octanol–water partition coefficient (Wildman–Crippen LogP) is 3.37. The zero-order valence-electron chi connectivity index (χ0n) is 13.2. The maximum absolute atomic E-state index is 12.8. The predicted molar refractivity (Wildman–Crippen MR) is 92.4 cm³/mol. The number of hydrogen-bond donors (Lipinski definition) is 1. The number of nitrogens with zero attached hydrogens (tertiary/aromatic N) is 2. The minimum atomic E-state index is -0.373. The molecule has 1 aromatic heterocycles. The number of methoxy groups -OCH3 is 1. The third-order valence-corrected chi connectivity index (χ3v) is 4.08. The van der Waals surface area contributed by atoms with Crippen molar-refractivity contribution in [3.8, 4) is 22.1 Å². The van der Waals surface area contributed by atoms with Crippen LogP contribution in [0.2, 0.25) is 0 Å². The summed E-state index contributed by atoms with van der Waals surface area (Å²) in [6, 6.07) is 12.8. The molecule has 3 aromatic rings. The lowest BCUT2D eigenvalue weighted by Crippen LogP contribution is -2.20. The van der Waals surface area contributed by atoms with Gasteiger partial charge in [-0.1, -0.05) is 11.3 Å². The van der Waals surface area contributed by atoms with Crippen molar-refractivity contribution in [3.63, 3.8) is 0 Å². The van der Waals surface area contributed by atoms with Gasteiger partial charge < -0.3 is 9.47 Å². The van der Waals surface area contributed by atoms with Gasteiger partial charge in [0.15, 0.2) is 6.61 Å². The van der Waals surface area contributed by atoms with Crippen LogP contribution in [-0.4, -0.2) is 29.8 Å². The monoisotopic (exact) mass is 359 g/mol. The first-order valence-electron chi connectivity index (χ1n) is 7.30. The van der Waals surface area contributed by atoms with Crippen molar-refractivity contribution >= 4 is 22.4 Å². The number of anilines is 1. The van der Waals surface area contributed by atoms with Crippen molar-refractivity contribution in [2.45, 2.75) is 0 Å². The topological polar surface area (TPSA) is 73.3 Å². The first-order valence-corrected chi connectivity index (χ1v) is 8.12. The summed E-state index contributed by atoms with van der Waals surface area (Å²) < 4.78 is 23.2. The Hall–Kier alpha value is -3.00. The Morgan fingerprint density at radius 2 is 1.76 bits per heavy atom. The average Bonchev–Trinajstić information content (AvgIpc) is 3.10. The summed E-state index contributed by atoms with van der Waals surface area (Å²) in [5.74, 6) is 0.422. The van der Waals surface area contributed by atoms with E-state index in [4.69, 9.17) is 9.47 Å². The van der Waals surface area contributed by atoms with Gasteiger partial charge in [0.2, 0.25) is 5.13 Å². The number of halogens is 1. The summed E-state index contributed by atoms with van der Waals surface area (Å²) in [7, 11) is 1.60. The second-order valence-corrected chi connectivity index (χ2v) is 5.91. The Kier molecular flexibility index (Phi) is 5.20. The van der Waals surface area contributed by atoms with Crippen molar-refractivity contribution in [2.75, 3.05) is 19.0 Å². The second kappa shape index (κ2) is 7.71. The summed E-state index contributed by atoms with van der Waals surface area (Å²) >= 11 is 1.25. The van der Waals surface area contributed by atoms with Crippen molar-refractivity contribution in [3.05, 3.63) is 54.3 Å². The number of amides is 1. The fourth-order valence-electron chi connectivity index (χ4n) is 1.96. The van der Waals surface area contributed by atoms with E-state index < -0.39 is 0 Å². The van der Waals surface area contributed by atoms with Crippen LogP contribution in [0.3, 0.4) is 0 Å². The van der Waals surface area contributed by atoms with Crippen LogP contribution >= 0.6 is 11.3 Å². The van der Waals surface area contributed by atoms with E-state index in [1.165, 1.54) is 35.6 Å². The van der Waals surface area contributed by atoms with Gasteiger partial charge >= 0.3 is 0 Å². The molecule has 0 aliphatic rings. The molecule has 0 saturated heterocycles. The number of aromatic nitrogens is 2. The summed E-state index contributed by atoms with van der Waals surface area (Å²) in [5, 5.41) is 11.7. The Morgan fingerprint density at radius 3 is 2.44 bits per heavy atom. The van der Waals surface area contributed by atoms with Crippen LogP contribution in [0.5, 0.6) is 11.5 Å². The molecule has 0 aliphatic heterocycles. The minimum Gasteiger partial charge on any atom is -0.497 e. The number of carbonyl (C=O) groups excluding carboxylic acids is 1. The van der Waals surface area contributed by atoms with E-state index in [2.05, 4.69) is 15.5 Å². The normalized spacial score (nSPS) is 10.3. The van der Waals surface area contributed by atoms with Gasteiger partial charge in [0.25, 0.3) is 5.91 Å². The molecule has 0 fully saturated rings. The van der Waals surface area contributed by atoms with Gasteiger partial charge in [0.1, 0.15) is 22.3 Å². The molecule has 3 rings (SSSR count). The molecular weight excluding hydrogens is 345 g/mol. The van der Waals surface area contributed by atoms with E-state index in [1.807, 2.05) is 24.3 Å². The highest BCUT2D eigenvalue weighted by atomic mass is 32.1. The fraction of sp³-hybridized carbons (Fsp3) is 0.118. The maximum Gasteiger partial charge on any atom is 0.264 e. The Labute approximate surface area is 147 Å². The molecule has 25 heavy (non-hydrogen) atoms. The molecule has 128 valence electrons. The highest BCUT2D eigenvalue weighted by molar-refractivity contribution is 7.18. The minimum absolute atomic E-state index is 0.205. The van der Waals surface area contributed by atoms with Crippen LogP contribution in [0, 0.1) is 5.82 Å². The number of hydrogen-bond acceptors (Lipinski definition) is 6. The molecule has 1 heterocycles. The quantitative estimate of drug-likeness (QED) is 0.730. The number of benzene rings is 2. The number of nitrogens with one attached hydrogen (secondary N) is 1. The van der Waals surface area contributed by atoms with Crippen LogP contribution in [0.4, 0.5) is 9.52 Å². The highest BCUT2D eigenvalue weighted by Crippen LogP contribution is 2.27. The molecule has 1 N–H and O–H groups in total. The van der Waals surface area contributed by atoms with Crippen molar-refractivity contribution in [2.24, 2.45) is 0 Å². The van der Waals surface area contributed by atoms with Gasteiger partial charge in [-0.2, -0.15) is 0 Å². The molecule has 0 saturated carbocycles. The standard InChI is InChI=1S/C17H14FN3O3S/c1-23-13-6-2-11(3-7-13)16-20-21-17(25-16)19-15(22)10-24-14-8-4-12(18)5-9-14/h2-9H,10H2,1H3,(H,19,21,22). The van der Waals surface area contributed by atoms with E-state index in [9.17, 15) is 9.18 Å². The molecule has 0 unspecified atom stereocenters. The average molecular weight is 359 g/mol. The van der Waals surface area contributed by atoms with Gasteiger partial charge in [0, 0.05) is 5.56 Å². The second-order valence-electron chi connectivity index (χ2n) is 4.93. The van der Waals surface area contributed by atoms with Gasteiger partial charge in [0.05, 0.1) is 7.11 Å². The lowest BCUT2D eigenvalue weighted by Gasteiger charge is -2.05. The van der Waals surface area contributed by atoms with E-state index in [1.54, 1.807) is 7.11 Å². The summed E-state index contributed by atoms with van der Waals surface area (Å²) in [6.45, 7) is -0.205. The maximum atomic E-state index is 12.8. The summed E-state index contributed by atoms with van der Waals surface area (Å²) in [4.78, 5) is 11.9. The zero-order valence-corrected chi connectivity index (χ0v) is 14.0. The largest absolute Gasteiger partial charge is 0.497 e. The molecule has 0 spiro atoms. The van der Waals surface area contributed by atoms with Gasteiger partial charge in [-0.3, -0.25) is 10.1 Å². The summed E-state index contributed by atoms with van der Waals surface area (Å²) in [6.07, 6.45) is 0. The van der Waals surface area contributed by atoms with E-state index in [0.717, 1.165) is 11.3 Å². The third-order valence-electron chi connectivity index (χ3n) is 3.19. The molecule has 6 nitrogen and oxygen atoms in total. The third kappa shape index (κ3) is 4.51. The molecule has 0 bridgehead atoms.